The van der Waals surface area contributed by atoms with Crippen LogP contribution in [-0.4, -0.2) is 37.5 Å². The minimum Gasteiger partial charge on any atom is -0.465 e. The van der Waals surface area contributed by atoms with E-state index in [1.165, 1.54) is 6.07 Å². The van der Waals surface area contributed by atoms with Crippen molar-refractivity contribution < 1.29 is 23.1 Å². The van der Waals surface area contributed by atoms with Gasteiger partial charge in [0.15, 0.2) is 5.69 Å². The summed E-state index contributed by atoms with van der Waals surface area (Å²) in [5, 5.41) is 15.3. The molecular formula is C21H24F3N5O2. The van der Waals surface area contributed by atoms with Crippen molar-refractivity contribution >= 4 is 17.1 Å². The van der Waals surface area contributed by atoms with Crippen molar-refractivity contribution in [2.75, 3.05) is 6.54 Å². The molecule has 0 saturated heterocycles. The van der Waals surface area contributed by atoms with Gasteiger partial charge in [0.25, 0.3) is 0 Å². The molecule has 0 aliphatic rings. The van der Waals surface area contributed by atoms with Crippen LogP contribution in [0, 0.1) is 13.8 Å². The zero-order valence-electron chi connectivity index (χ0n) is 17.3. The topological polar surface area (TPSA) is 92.9 Å². The Bertz CT molecular complexity index is 1080. The molecule has 7 nitrogen and oxygen atoms in total. The van der Waals surface area contributed by atoms with Crippen LogP contribution in [0.2, 0.25) is 0 Å². The molecule has 0 aliphatic heterocycles. The lowest BCUT2D eigenvalue weighted by Gasteiger charge is -2.13. The third-order valence-electron chi connectivity index (χ3n) is 5.03. The number of nitrogens with one attached hydrogen (secondary N) is 1. The van der Waals surface area contributed by atoms with Gasteiger partial charge in [-0.05, 0) is 38.8 Å². The Kier molecular flexibility index (Phi) is 6.77. The molecule has 31 heavy (non-hydrogen) atoms. The van der Waals surface area contributed by atoms with Gasteiger partial charge in [-0.2, -0.15) is 18.3 Å². The van der Waals surface area contributed by atoms with Crippen LogP contribution < -0.4 is 5.32 Å². The molecule has 166 valence electrons. The fourth-order valence-electron chi connectivity index (χ4n) is 3.56. The summed E-state index contributed by atoms with van der Waals surface area (Å²) in [5.41, 5.74) is 0.815. The van der Waals surface area contributed by atoms with E-state index in [1.807, 2.05) is 0 Å². The summed E-state index contributed by atoms with van der Waals surface area (Å²) >= 11 is 0. The molecule has 0 saturated carbocycles. The number of hydrogen-bond acceptors (Lipinski definition) is 4. The summed E-state index contributed by atoms with van der Waals surface area (Å²) in [6, 6.07) is 6.49. The average Bonchev–Trinajstić information content (AvgIpc) is 2.98. The number of carboxylic acid groups (broad SMARTS) is 1. The fraction of sp³-hybridized carbons (Fsp3) is 0.429. The van der Waals surface area contributed by atoms with Gasteiger partial charge in [-0.3, -0.25) is 4.68 Å². The summed E-state index contributed by atoms with van der Waals surface area (Å²) in [7, 11) is 0. The van der Waals surface area contributed by atoms with Gasteiger partial charge in [0.2, 0.25) is 0 Å². The van der Waals surface area contributed by atoms with Gasteiger partial charge in [-0.25, -0.2) is 14.8 Å². The molecule has 0 unspecified atom stereocenters. The zero-order valence-corrected chi connectivity index (χ0v) is 17.3. The molecular weight excluding hydrogens is 411 g/mol. The van der Waals surface area contributed by atoms with Crippen LogP contribution >= 0.6 is 0 Å². The van der Waals surface area contributed by atoms with E-state index in [-0.39, 0.29) is 11.2 Å². The number of hydrogen-bond donors (Lipinski definition) is 2. The lowest BCUT2D eigenvalue weighted by atomic mass is 10.1. The van der Waals surface area contributed by atoms with Crippen LogP contribution in [0.4, 0.5) is 18.0 Å². The number of para-hydroxylation sites is 2. The van der Waals surface area contributed by atoms with E-state index < -0.39 is 18.0 Å². The number of aromatic nitrogens is 4. The maximum absolute atomic E-state index is 13.8. The smallest absolute Gasteiger partial charge is 0.435 e. The number of amides is 1. The van der Waals surface area contributed by atoms with Gasteiger partial charge in [-0.1, -0.05) is 25.0 Å². The molecule has 0 atom stereocenters. The van der Waals surface area contributed by atoms with Gasteiger partial charge < -0.3 is 10.4 Å². The van der Waals surface area contributed by atoms with E-state index in [9.17, 15) is 18.0 Å². The van der Waals surface area contributed by atoms with Crippen LogP contribution in [-0.2, 0) is 12.7 Å². The maximum atomic E-state index is 13.8. The number of carbonyl (C=O) groups is 1. The molecule has 3 rings (SSSR count). The maximum Gasteiger partial charge on any atom is 0.435 e. The molecule has 2 aromatic heterocycles. The van der Waals surface area contributed by atoms with Gasteiger partial charge in [0.05, 0.1) is 16.7 Å². The lowest BCUT2D eigenvalue weighted by molar-refractivity contribution is -0.140. The van der Waals surface area contributed by atoms with Crippen molar-refractivity contribution in [3.8, 4) is 11.3 Å². The first-order chi connectivity index (χ1) is 14.7. The molecule has 1 aromatic carbocycles. The standard InChI is InChI=1S/C21H24F3N5O2/c1-13-17(14(2)29(28-13)12-8-4-3-7-11-25-20(30)31)18-19(21(22,23)24)27-16-10-6-5-9-15(16)26-18/h5-6,9-10,25H,3-4,7-8,11-12H2,1-2H3,(H,30,31). The molecule has 10 heteroatoms. The van der Waals surface area contributed by atoms with Crippen LogP contribution in [0.25, 0.3) is 22.3 Å². The second-order valence-corrected chi connectivity index (χ2v) is 7.32. The molecule has 3 aromatic rings. The largest absolute Gasteiger partial charge is 0.465 e. The minimum atomic E-state index is -4.64. The molecule has 2 heterocycles. The van der Waals surface area contributed by atoms with Crippen molar-refractivity contribution in [1.82, 2.24) is 25.1 Å². The highest BCUT2D eigenvalue weighted by Gasteiger charge is 2.38. The number of rotatable bonds is 8. The van der Waals surface area contributed by atoms with Crippen LogP contribution in [0.5, 0.6) is 0 Å². The number of benzene rings is 1. The Hall–Kier alpha value is -3.17. The number of halogens is 3. The summed E-state index contributed by atoms with van der Waals surface area (Å²) < 4.78 is 43.0. The second kappa shape index (κ2) is 9.32. The number of fused-ring (bicyclic) bond motifs is 1. The van der Waals surface area contributed by atoms with Crippen LogP contribution in [0.1, 0.15) is 42.8 Å². The van der Waals surface area contributed by atoms with E-state index >= 15 is 0 Å². The van der Waals surface area contributed by atoms with Gasteiger partial charge >= 0.3 is 12.3 Å². The Labute approximate surface area is 177 Å². The van der Waals surface area contributed by atoms with Crippen molar-refractivity contribution in [2.45, 2.75) is 52.3 Å². The van der Waals surface area contributed by atoms with Crippen molar-refractivity contribution in [3.63, 3.8) is 0 Å². The Morgan fingerprint density at radius 1 is 1.06 bits per heavy atom. The molecule has 0 spiro atoms. The molecule has 0 bridgehead atoms. The first-order valence-corrected chi connectivity index (χ1v) is 10.0. The number of alkyl halides is 3. The van der Waals surface area contributed by atoms with Crippen LogP contribution in [0.3, 0.4) is 0 Å². The Morgan fingerprint density at radius 2 is 1.71 bits per heavy atom. The Balaban J connectivity index is 1.82. The summed E-state index contributed by atoms with van der Waals surface area (Å²) in [4.78, 5) is 18.6. The van der Waals surface area contributed by atoms with E-state index in [1.54, 1.807) is 36.7 Å². The summed E-state index contributed by atoms with van der Waals surface area (Å²) in [6.07, 6.45) is -2.46. The highest BCUT2D eigenvalue weighted by atomic mass is 19.4. The number of aryl methyl sites for hydroxylation is 2. The first kappa shape index (κ1) is 22.5. The second-order valence-electron chi connectivity index (χ2n) is 7.32. The monoisotopic (exact) mass is 435 g/mol. The van der Waals surface area contributed by atoms with E-state index in [2.05, 4.69) is 20.4 Å². The zero-order chi connectivity index (χ0) is 22.6. The van der Waals surface area contributed by atoms with Crippen molar-refractivity contribution in [1.29, 1.82) is 0 Å². The average molecular weight is 435 g/mol. The van der Waals surface area contributed by atoms with Gasteiger partial charge in [-0.15, -0.1) is 0 Å². The predicted octanol–water partition coefficient (Wildman–Crippen LogP) is 4.96. The first-order valence-electron chi connectivity index (χ1n) is 10.0. The van der Waals surface area contributed by atoms with E-state index in [0.29, 0.717) is 35.6 Å². The SMILES string of the molecule is Cc1nn(CCCCCCNC(=O)O)c(C)c1-c1nc2ccccc2nc1C(F)(F)F. The molecule has 0 radical (unpaired) electrons. The molecule has 1 amide bonds. The van der Waals surface area contributed by atoms with Gasteiger partial charge in [0, 0.05) is 24.3 Å². The van der Waals surface area contributed by atoms with E-state index in [4.69, 9.17) is 5.11 Å². The molecule has 2 N–H and O–H groups in total. The van der Waals surface area contributed by atoms with Crippen LogP contribution in [0.15, 0.2) is 24.3 Å². The molecule has 0 fully saturated rings. The fourth-order valence-corrected chi connectivity index (χ4v) is 3.56. The van der Waals surface area contributed by atoms with Gasteiger partial charge in [0.1, 0.15) is 5.69 Å². The number of unbranched alkanes of at least 4 members (excludes halogenated alkanes) is 3. The number of nitrogens with zero attached hydrogens (tertiary/aromatic N) is 4. The highest BCUT2D eigenvalue weighted by molar-refractivity contribution is 5.79. The third kappa shape index (κ3) is 5.31. The van der Waals surface area contributed by atoms with Crippen molar-refractivity contribution in [2.24, 2.45) is 0 Å². The van der Waals surface area contributed by atoms with Crippen molar-refractivity contribution in [3.05, 3.63) is 41.3 Å². The summed E-state index contributed by atoms with van der Waals surface area (Å²) in [6.45, 7) is 4.37. The molecule has 0 aliphatic carbocycles. The lowest BCUT2D eigenvalue weighted by Crippen LogP contribution is -2.21. The normalized spacial score (nSPS) is 11.8. The summed E-state index contributed by atoms with van der Waals surface area (Å²) in [5.74, 6) is 0. The predicted molar refractivity (Wildman–Crippen MR) is 110 cm³/mol. The minimum absolute atomic E-state index is 0.193. The Morgan fingerprint density at radius 3 is 2.35 bits per heavy atom. The van der Waals surface area contributed by atoms with E-state index in [0.717, 1.165) is 25.7 Å². The quantitative estimate of drug-likeness (QED) is 0.488. The third-order valence-corrected chi connectivity index (χ3v) is 5.03. The highest BCUT2D eigenvalue weighted by Crippen LogP contribution is 2.38.